The highest BCUT2D eigenvalue weighted by atomic mass is 19.1. The first-order chi connectivity index (χ1) is 15.1. The fourth-order valence-electron chi connectivity index (χ4n) is 3.80. The summed E-state index contributed by atoms with van der Waals surface area (Å²) in [5.41, 5.74) is 1.88. The molecule has 6 nitrogen and oxygen atoms in total. The van der Waals surface area contributed by atoms with Gasteiger partial charge in [0.25, 0.3) is 5.56 Å². The predicted octanol–water partition coefficient (Wildman–Crippen LogP) is 3.68. The van der Waals surface area contributed by atoms with Gasteiger partial charge in [-0.2, -0.15) is 9.78 Å². The molecule has 0 radical (unpaired) electrons. The zero-order valence-corrected chi connectivity index (χ0v) is 18.4. The highest BCUT2D eigenvalue weighted by Crippen LogP contribution is 2.29. The summed E-state index contributed by atoms with van der Waals surface area (Å²) < 4.78 is 17.6. The number of nitrogens with zero attached hydrogens (tertiary/aromatic N) is 3. The monoisotopic (exact) mass is 433 g/mol. The van der Waals surface area contributed by atoms with E-state index in [-0.39, 0.29) is 23.0 Å². The molecule has 0 saturated carbocycles. The molecular formula is C25H24FN3O3. The third-order valence-electron chi connectivity index (χ3n) is 5.64. The molecule has 0 aliphatic carbocycles. The zero-order chi connectivity index (χ0) is 23.2. The van der Waals surface area contributed by atoms with E-state index in [9.17, 15) is 14.7 Å². The number of benzene rings is 2. The first kappa shape index (κ1) is 21.6. The van der Waals surface area contributed by atoms with Gasteiger partial charge in [0.2, 0.25) is 5.56 Å². The first-order valence-electron chi connectivity index (χ1n) is 10.2. The molecule has 0 amide bonds. The normalized spacial score (nSPS) is 11.8. The van der Waals surface area contributed by atoms with Crippen molar-refractivity contribution in [1.82, 2.24) is 14.3 Å². The average Bonchev–Trinajstić information content (AvgIpc) is 2.74. The SMILES string of the molecule is Cn1cc(-c2cccc(-n3ncc4cc(C(C)(C)C)cc(F)c4c3=O)c2CO)ccc1=O. The number of aliphatic hydroxyl groups is 1. The standard InChI is InChI=1S/C25H24FN3O3/c1-25(2,3)17-10-16-12-27-29(24(32)23(16)20(26)11-17)21-7-5-6-18(19(21)14-30)15-8-9-22(31)28(4)13-15/h5-13,30H,14H2,1-4H3. The van der Waals surface area contributed by atoms with Gasteiger partial charge in [0.15, 0.2) is 0 Å². The highest BCUT2D eigenvalue weighted by molar-refractivity contribution is 5.83. The second kappa shape index (κ2) is 7.84. The first-order valence-corrected chi connectivity index (χ1v) is 10.2. The number of aryl methyl sites for hydroxylation is 1. The van der Waals surface area contributed by atoms with Gasteiger partial charge in [-0.15, -0.1) is 0 Å². The molecule has 164 valence electrons. The molecule has 7 heteroatoms. The molecule has 1 N–H and O–H groups in total. The predicted molar refractivity (Wildman–Crippen MR) is 123 cm³/mol. The van der Waals surface area contributed by atoms with Crippen LogP contribution in [0.1, 0.15) is 31.9 Å². The van der Waals surface area contributed by atoms with Crippen LogP contribution >= 0.6 is 0 Å². The number of rotatable bonds is 3. The number of fused-ring (bicyclic) bond motifs is 1. The smallest absolute Gasteiger partial charge is 0.282 e. The van der Waals surface area contributed by atoms with Crippen molar-refractivity contribution in [2.75, 3.05) is 0 Å². The van der Waals surface area contributed by atoms with Gasteiger partial charge >= 0.3 is 0 Å². The summed E-state index contributed by atoms with van der Waals surface area (Å²) in [7, 11) is 1.64. The molecule has 4 aromatic rings. The van der Waals surface area contributed by atoms with Crippen molar-refractivity contribution >= 4 is 10.8 Å². The van der Waals surface area contributed by atoms with E-state index < -0.39 is 11.4 Å². The van der Waals surface area contributed by atoms with Crippen LogP contribution in [0.4, 0.5) is 4.39 Å². The Morgan fingerprint density at radius 3 is 2.50 bits per heavy atom. The second-order valence-corrected chi connectivity index (χ2v) is 8.86. The summed E-state index contributed by atoms with van der Waals surface area (Å²) in [5.74, 6) is -0.603. The molecule has 0 atom stereocenters. The van der Waals surface area contributed by atoms with Crippen molar-refractivity contribution in [2.45, 2.75) is 32.8 Å². The Morgan fingerprint density at radius 2 is 1.84 bits per heavy atom. The average molecular weight is 433 g/mol. The van der Waals surface area contributed by atoms with Crippen LogP contribution in [0.3, 0.4) is 0 Å². The van der Waals surface area contributed by atoms with Gasteiger partial charge in [0.1, 0.15) is 5.82 Å². The maximum Gasteiger partial charge on any atom is 0.282 e. The number of aliphatic hydroxyl groups excluding tert-OH is 1. The minimum atomic E-state index is -0.604. The molecule has 0 fully saturated rings. The summed E-state index contributed by atoms with van der Waals surface area (Å²) >= 11 is 0. The molecule has 0 bridgehead atoms. The Labute approximate surface area is 184 Å². The van der Waals surface area contributed by atoms with Gasteiger partial charge in [-0.25, -0.2) is 4.39 Å². The lowest BCUT2D eigenvalue weighted by atomic mass is 9.86. The Balaban J connectivity index is 1.96. The minimum Gasteiger partial charge on any atom is -0.392 e. The lowest BCUT2D eigenvalue weighted by molar-refractivity contribution is 0.282. The van der Waals surface area contributed by atoms with E-state index in [0.717, 1.165) is 10.2 Å². The van der Waals surface area contributed by atoms with Crippen molar-refractivity contribution in [3.8, 4) is 16.8 Å². The van der Waals surface area contributed by atoms with E-state index in [2.05, 4.69) is 5.10 Å². The fraction of sp³-hybridized carbons (Fsp3) is 0.240. The van der Waals surface area contributed by atoms with Crippen LogP contribution in [0.2, 0.25) is 0 Å². The lowest BCUT2D eigenvalue weighted by Gasteiger charge is -2.20. The Morgan fingerprint density at radius 1 is 1.09 bits per heavy atom. The van der Waals surface area contributed by atoms with Crippen molar-refractivity contribution < 1.29 is 9.50 Å². The number of aromatic nitrogens is 3. The third-order valence-corrected chi connectivity index (χ3v) is 5.64. The number of hydrogen-bond acceptors (Lipinski definition) is 4. The summed E-state index contributed by atoms with van der Waals surface area (Å²) in [4.78, 5) is 25.0. The van der Waals surface area contributed by atoms with Gasteiger partial charge in [0, 0.05) is 30.3 Å². The van der Waals surface area contributed by atoms with Crippen molar-refractivity contribution in [2.24, 2.45) is 7.05 Å². The molecule has 0 spiro atoms. The topological polar surface area (TPSA) is 77.1 Å². The van der Waals surface area contributed by atoms with Gasteiger partial charge in [0.05, 0.1) is 23.9 Å². The van der Waals surface area contributed by atoms with Crippen LogP contribution in [0.15, 0.2) is 64.4 Å². The molecule has 2 heterocycles. The molecule has 2 aromatic heterocycles. The van der Waals surface area contributed by atoms with E-state index in [1.807, 2.05) is 20.8 Å². The van der Waals surface area contributed by atoms with E-state index in [1.54, 1.807) is 43.6 Å². The van der Waals surface area contributed by atoms with Crippen LogP contribution in [0.25, 0.3) is 27.6 Å². The third kappa shape index (κ3) is 3.65. The summed E-state index contributed by atoms with van der Waals surface area (Å²) in [5, 5.41) is 14.8. The van der Waals surface area contributed by atoms with Gasteiger partial charge in [-0.1, -0.05) is 32.9 Å². The van der Waals surface area contributed by atoms with Gasteiger partial charge in [-0.05, 0) is 46.4 Å². The van der Waals surface area contributed by atoms with Crippen LogP contribution < -0.4 is 11.1 Å². The number of hydrogen-bond donors (Lipinski definition) is 1. The fourth-order valence-corrected chi connectivity index (χ4v) is 3.80. The molecule has 0 aliphatic rings. The van der Waals surface area contributed by atoms with E-state index in [4.69, 9.17) is 0 Å². The molecular weight excluding hydrogens is 409 g/mol. The zero-order valence-electron chi connectivity index (χ0n) is 18.4. The lowest BCUT2D eigenvalue weighted by Crippen LogP contribution is -2.24. The molecule has 0 aliphatic heterocycles. The second-order valence-electron chi connectivity index (χ2n) is 8.86. The summed E-state index contributed by atoms with van der Waals surface area (Å²) in [6.45, 7) is 5.55. The minimum absolute atomic E-state index is 0.0515. The summed E-state index contributed by atoms with van der Waals surface area (Å²) in [6, 6.07) is 11.4. The van der Waals surface area contributed by atoms with Crippen LogP contribution in [0, 0.1) is 5.82 Å². The molecule has 32 heavy (non-hydrogen) atoms. The maximum absolute atomic E-state index is 15.0. The van der Waals surface area contributed by atoms with Gasteiger partial charge in [-0.3, -0.25) is 9.59 Å². The largest absolute Gasteiger partial charge is 0.392 e. The number of halogens is 1. The molecule has 4 rings (SSSR count). The van der Waals surface area contributed by atoms with Crippen LogP contribution in [0.5, 0.6) is 0 Å². The van der Waals surface area contributed by atoms with E-state index >= 15 is 4.39 Å². The quantitative estimate of drug-likeness (QED) is 0.535. The highest BCUT2D eigenvalue weighted by Gasteiger charge is 2.20. The number of pyridine rings is 1. The van der Waals surface area contributed by atoms with E-state index in [0.29, 0.717) is 27.8 Å². The van der Waals surface area contributed by atoms with E-state index in [1.165, 1.54) is 22.9 Å². The molecule has 2 aromatic carbocycles. The Kier molecular flexibility index (Phi) is 5.30. The molecule has 0 saturated heterocycles. The van der Waals surface area contributed by atoms with Crippen molar-refractivity contribution in [1.29, 1.82) is 0 Å². The van der Waals surface area contributed by atoms with Crippen molar-refractivity contribution in [3.63, 3.8) is 0 Å². The Hall–Kier alpha value is -3.58. The van der Waals surface area contributed by atoms with Crippen LogP contribution in [-0.2, 0) is 19.1 Å². The van der Waals surface area contributed by atoms with Crippen LogP contribution in [-0.4, -0.2) is 19.5 Å². The van der Waals surface area contributed by atoms with Crippen molar-refractivity contribution in [3.05, 3.63) is 92.5 Å². The molecule has 0 unspecified atom stereocenters. The Bertz CT molecular complexity index is 1460. The van der Waals surface area contributed by atoms with Gasteiger partial charge < -0.3 is 9.67 Å². The summed E-state index contributed by atoms with van der Waals surface area (Å²) in [6.07, 6.45) is 3.13. The maximum atomic E-state index is 15.0.